The van der Waals surface area contributed by atoms with Crippen LogP contribution in [0.1, 0.15) is 43.7 Å². The lowest BCUT2D eigenvalue weighted by Gasteiger charge is -2.06. The molecule has 0 fully saturated rings. The van der Waals surface area contributed by atoms with Gasteiger partial charge in [0.15, 0.2) is 0 Å². The van der Waals surface area contributed by atoms with Gasteiger partial charge in [-0.15, -0.1) is 0 Å². The molecule has 2 heteroatoms. The molecule has 0 atom stereocenters. The van der Waals surface area contributed by atoms with Crippen LogP contribution in [0.2, 0.25) is 0 Å². The van der Waals surface area contributed by atoms with Crippen LogP contribution in [0, 0.1) is 0 Å². The molecule has 1 aliphatic rings. The molecule has 2 rings (SSSR count). The molecule has 0 unspecified atom stereocenters. The zero-order valence-corrected chi connectivity index (χ0v) is 11.0. The number of nitrogens with zero attached hydrogens (tertiary/aromatic N) is 1. The second-order valence-electron chi connectivity index (χ2n) is 4.62. The highest BCUT2D eigenvalue weighted by Gasteiger charge is 2.01. The SMILES string of the molecule is CCc1ccc(CO/N=[C]\C2=CCCCC2)cc1. The molecule has 1 aromatic rings. The lowest BCUT2D eigenvalue weighted by molar-refractivity contribution is 0.132. The molecule has 95 valence electrons. The summed E-state index contributed by atoms with van der Waals surface area (Å²) in [6.07, 6.45) is 11.0. The van der Waals surface area contributed by atoms with E-state index in [1.165, 1.54) is 24.0 Å². The summed E-state index contributed by atoms with van der Waals surface area (Å²) >= 11 is 0. The average molecular weight is 242 g/mol. The molecule has 1 aromatic carbocycles. The second kappa shape index (κ2) is 7.00. The van der Waals surface area contributed by atoms with Gasteiger partial charge in [-0.2, -0.15) is 0 Å². The normalized spacial score (nSPS) is 15.7. The van der Waals surface area contributed by atoms with Gasteiger partial charge in [0.2, 0.25) is 0 Å². The standard InChI is InChI=1S/C16H20NO/c1-2-14-8-10-16(11-9-14)13-18-17-12-15-6-4-3-5-7-15/h6,8-11H,2-5,7,13H2,1H3. The van der Waals surface area contributed by atoms with Crippen molar-refractivity contribution >= 4 is 6.21 Å². The van der Waals surface area contributed by atoms with Crippen molar-refractivity contribution in [2.24, 2.45) is 5.16 Å². The molecule has 0 heterocycles. The number of hydrogen-bond acceptors (Lipinski definition) is 2. The second-order valence-corrected chi connectivity index (χ2v) is 4.62. The molecule has 2 nitrogen and oxygen atoms in total. The van der Waals surface area contributed by atoms with Gasteiger partial charge >= 0.3 is 0 Å². The maximum absolute atomic E-state index is 5.27. The Balaban J connectivity index is 1.77. The Morgan fingerprint density at radius 2 is 1.94 bits per heavy atom. The van der Waals surface area contributed by atoms with Crippen LogP contribution in [0.15, 0.2) is 41.1 Å². The molecule has 0 amide bonds. The first-order valence-corrected chi connectivity index (χ1v) is 6.73. The van der Waals surface area contributed by atoms with Gasteiger partial charge in [0, 0.05) is 0 Å². The van der Waals surface area contributed by atoms with Crippen molar-refractivity contribution in [1.29, 1.82) is 0 Å². The van der Waals surface area contributed by atoms with Crippen LogP contribution in [0.25, 0.3) is 0 Å². The van der Waals surface area contributed by atoms with E-state index < -0.39 is 0 Å². The molecule has 18 heavy (non-hydrogen) atoms. The fourth-order valence-electron chi connectivity index (χ4n) is 2.01. The Morgan fingerprint density at radius 1 is 1.17 bits per heavy atom. The summed E-state index contributed by atoms with van der Waals surface area (Å²) < 4.78 is 0. The Morgan fingerprint density at radius 3 is 2.61 bits per heavy atom. The molecule has 1 aliphatic carbocycles. The number of benzene rings is 1. The van der Waals surface area contributed by atoms with E-state index in [1.807, 2.05) is 0 Å². The predicted molar refractivity (Wildman–Crippen MR) is 74.6 cm³/mol. The molecule has 0 aromatic heterocycles. The number of allylic oxidation sites excluding steroid dienone is 2. The number of aryl methyl sites for hydroxylation is 1. The summed E-state index contributed by atoms with van der Waals surface area (Å²) in [5, 5.41) is 3.91. The van der Waals surface area contributed by atoms with E-state index in [0.717, 1.165) is 24.8 Å². The van der Waals surface area contributed by atoms with Crippen LogP contribution >= 0.6 is 0 Å². The first-order chi connectivity index (χ1) is 8.88. The molecule has 0 spiro atoms. The van der Waals surface area contributed by atoms with Gasteiger partial charge in [0.1, 0.15) is 12.8 Å². The molecule has 0 bridgehead atoms. The molecule has 0 saturated heterocycles. The smallest absolute Gasteiger partial charge is 0.142 e. The summed E-state index contributed by atoms with van der Waals surface area (Å²) in [6.45, 7) is 2.67. The van der Waals surface area contributed by atoms with Gasteiger partial charge in [0.05, 0.1) is 0 Å². The minimum Gasteiger partial charge on any atom is -0.390 e. The third-order valence-corrected chi connectivity index (χ3v) is 3.21. The van der Waals surface area contributed by atoms with Gasteiger partial charge in [-0.1, -0.05) is 42.4 Å². The molecule has 1 radical (unpaired) electrons. The van der Waals surface area contributed by atoms with Crippen molar-refractivity contribution in [2.45, 2.75) is 45.6 Å². The van der Waals surface area contributed by atoms with Crippen molar-refractivity contribution in [3.63, 3.8) is 0 Å². The highest BCUT2D eigenvalue weighted by atomic mass is 16.6. The third-order valence-electron chi connectivity index (χ3n) is 3.21. The number of hydrogen-bond donors (Lipinski definition) is 0. The number of rotatable bonds is 5. The van der Waals surface area contributed by atoms with Crippen molar-refractivity contribution in [3.05, 3.63) is 47.0 Å². The fraction of sp³-hybridized carbons (Fsp3) is 0.438. The van der Waals surface area contributed by atoms with Crippen LogP contribution in [-0.4, -0.2) is 6.21 Å². The maximum Gasteiger partial charge on any atom is 0.142 e. The van der Waals surface area contributed by atoms with E-state index in [0.29, 0.717) is 6.61 Å². The van der Waals surface area contributed by atoms with Crippen molar-refractivity contribution in [2.75, 3.05) is 0 Å². The third kappa shape index (κ3) is 4.02. The van der Waals surface area contributed by atoms with Crippen LogP contribution in [-0.2, 0) is 17.9 Å². The summed E-state index contributed by atoms with van der Waals surface area (Å²) in [7, 11) is 0. The maximum atomic E-state index is 5.27. The lowest BCUT2D eigenvalue weighted by atomic mass is 10.0. The van der Waals surface area contributed by atoms with E-state index in [9.17, 15) is 0 Å². The fourth-order valence-corrected chi connectivity index (χ4v) is 2.01. The highest BCUT2D eigenvalue weighted by Crippen LogP contribution is 2.15. The quantitative estimate of drug-likeness (QED) is 0.562. The van der Waals surface area contributed by atoms with Crippen molar-refractivity contribution in [3.8, 4) is 0 Å². The highest BCUT2D eigenvalue weighted by molar-refractivity contribution is 5.78. The zero-order valence-electron chi connectivity index (χ0n) is 11.0. The van der Waals surface area contributed by atoms with Crippen molar-refractivity contribution < 1.29 is 4.84 Å². The van der Waals surface area contributed by atoms with Crippen LogP contribution in [0.3, 0.4) is 0 Å². The Bertz CT molecular complexity index is 417. The van der Waals surface area contributed by atoms with Gasteiger partial charge in [-0.05, 0) is 48.8 Å². The largest absolute Gasteiger partial charge is 0.390 e. The average Bonchev–Trinajstić information content (AvgIpc) is 2.45. The monoisotopic (exact) mass is 242 g/mol. The minimum absolute atomic E-state index is 0.518. The van der Waals surface area contributed by atoms with E-state index in [-0.39, 0.29) is 0 Å². The Labute approximate surface area is 109 Å². The zero-order chi connectivity index (χ0) is 12.6. The first-order valence-electron chi connectivity index (χ1n) is 6.73. The Kier molecular flexibility index (Phi) is 5.00. The summed E-state index contributed by atoms with van der Waals surface area (Å²) in [4.78, 5) is 5.27. The predicted octanol–water partition coefficient (Wildman–Crippen LogP) is 4.13. The summed E-state index contributed by atoms with van der Waals surface area (Å²) in [5.41, 5.74) is 3.68. The molecule has 0 aliphatic heterocycles. The van der Waals surface area contributed by atoms with Gasteiger partial charge in [-0.25, -0.2) is 0 Å². The van der Waals surface area contributed by atoms with E-state index in [2.05, 4.69) is 48.6 Å². The molecular formula is C16H20NO. The van der Waals surface area contributed by atoms with Crippen LogP contribution < -0.4 is 0 Å². The van der Waals surface area contributed by atoms with E-state index >= 15 is 0 Å². The van der Waals surface area contributed by atoms with E-state index in [1.54, 1.807) is 0 Å². The van der Waals surface area contributed by atoms with Crippen LogP contribution in [0.5, 0.6) is 0 Å². The minimum atomic E-state index is 0.518. The van der Waals surface area contributed by atoms with Gasteiger partial charge in [-0.3, -0.25) is 0 Å². The topological polar surface area (TPSA) is 21.6 Å². The van der Waals surface area contributed by atoms with Gasteiger partial charge in [0.25, 0.3) is 0 Å². The Hall–Kier alpha value is -1.57. The van der Waals surface area contributed by atoms with Gasteiger partial charge < -0.3 is 4.84 Å². The summed E-state index contributed by atoms with van der Waals surface area (Å²) in [6, 6.07) is 8.45. The summed E-state index contributed by atoms with van der Waals surface area (Å²) in [5.74, 6) is 0. The molecule has 0 saturated carbocycles. The first kappa shape index (κ1) is 12.9. The van der Waals surface area contributed by atoms with Crippen molar-refractivity contribution in [1.82, 2.24) is 0 Å². The molecule has 0 N–H and O–H groups in total. The van der Waals surface area contributed by atoms with Crippen LogP contribution in [0.4, 0.5) is 0 Å². The van der Waals surface area contributed by atoms with E-state index in [4.69, 9.17) is 4.84 Å². The molecular weight excluding hydrogens is 222 g/mol. The lowest BCUT2D eigenvalue weighted by Crippen LogP contribution is -1.94.